The van der Waals surface area contributed by atoms with E-state index >= 15 is 0 Å². The van der Waals surface area contributed by atoms with Crippen molar-refractivity contribution in [3.8, 4) is 0 Å². The highest BCUT2D eigenvalue weighted by molar-refractivity contribution is 5.41. The Morgan fingerprint density at radius 3 is 2.75 bits per heavy atom. The van der Waals surface area contributed by atoms with Crippen molar-refractivity contribution in [2.24, 2.45) is 0 Å². The number of hydrogen-bond acceptors (Lipinski definition) is 5. The number of anilines is 2. The van der Waals surface area contributed by atoms with Gasteiger partial charge in [0, 0.05) is 38.9 Å². The molecule has 2 rings (SSSR count). The van der Waals surface area contributed by atoms with Gasteiger partial charge in [-0.1, -0.05) is 0 Å². The van der Waals surface area contributed by atoms with Gasteiger partial charge in [0.15, 0.2) is 0 Å². The first-order valence-corrected chi connectivity index (χ1v) is 5.80. The van der Waals surface area contributed by atoms with E-state index in [-0.39, 0.29) is 0 Å². The Morgan fingerprint density at radius 1 is 1.31 bits per heavy atom. The van der Waals surface area contributed by atoms with E-state index in [1.807, 2.05) is 12.3 Å². The minimum atomic E-state index is 0.839. The van der Waals surface area contributed by atoms with E-state index in [2.05, 4.69) is 39.1 Å². The summed E-state index contributed by atoms with van der Waals surface area (Å²) in [6.07, 6.45) is 1.82. The third kappa shape index (κ3) is 2.61. The molecule has 1 saturated heterocycles. The minimum Gasteiger partial charge on any atom is -0.370 e. The summed E-state index contributed by atoms with van der Waals surface area (Å²) >= 11 is 0. The number of nitrogens with zero attached hydrogens (tertiary/aromatic N) is 4. The van der Waals surface area contributed by atoms with E-state index in [1.54, 1.807) is 0 Å². The van der Waals surface area contributed by atoms with Gasteiger partial charge >= 0.3 is 0 Å². The number of hydrogen-bond donors (Lipinski definition) is 1. The highest BCUT2D eigenvalue weighted by atomic mass is 15.3. The first-order chi connectivity index (χ1) is 7.79. The summed E-state index contributed by atoms with van der Waals surface area (Å²) < 4.78 is 0. The lowest BCUT2D eigenvalue weighted by Gasteiger charge is -2.32. The number of piperazine rings is 1. The Labute approximate surface area is 96.5 Å². The highest BCUT2D eigenvalue weighted by Crippen LogP contribution is 2.12. The number of aromatic nitrogens is 2. The molecule has 5 nitrogen and oxygen atoms in total. The zero-order valence-electron chi connectivity index (χ0n) is 9.98. The monoisotopic (exact) mass is 221 g/mol. The van der Waals surface area contributed by atoms with Crippen LogP contribution in [0.25, 0.3) is 0 Å². The fourth-order valence-corrected chi connectivity index (χ4v) is 1.79. The Balaban J connectivity index is 2.05. The maximum absolute atomic E-state index is 4.50. The molecule has 0 unspecified atom stereocenters. The molecule has 0 atom stereocenters. The van der Waals surface area contributed by atoms with Crippen LogP contribution >= 0.6 is 0 Å². The highest BCUT2D eigenvalue weighted by Gasteiger charge is 2.16. The van der Waals surface area contributed by atoms with Gasteiger partial charge in [0.25, 0.3) is 0 Å². The number of nitrogens with one attached hydrogen (secondary N) is 1. The molecule has 0 amide bonds. The largest absolute Gasteiger partial charge is 0.370 e. The number of likely N-dealkylation sites (N-methyl/N-ethyl adjacent to an activating group) is 1. The maximum atomic E-state index is 4.50. The summed E-state index contributed by atoms with van der Waals surface area (Å²) in [6.45, 7) is 7.12. The van der Waals surface area contributed by atoms with Crippen LogP contribution in [0.3, 0.4) is 0 Å². The van der Waals surface area contributed by atoms with Gasteiger partial charge in [-0.25, -0.2) is 4.98 Å². The van der Waals surface area contributed by atoms with Gasteiger partial charge in [0.2, 0.25) is 5.95 Å². The Kier molecular flexibility index (Phi) is 3.56. The smallest absolute Gasteiger partial charge is 0.227 e. The van der Waals surface area contributed by atoms with E-state index in [0.29, 0.717) is 0 Å². The van der Waals surface area contributed by atoms with E-state index in [0.717, 1.165) is 44.5 Å². The molecular formula is C11H19N5. The van der Waals surface area contributed by atoms with Crippen molar-refractivity contribution < 1.29 is 0 Å². The second-order valence-electron chi connectivity index (χ2n) is 4.06. The third-order valence-corrected chi connectivity index (χ3v) is 2.79. The lowest BCUT2D eigenvalue weighted by Crippen LogP contribution is -2.45. The molecule has 0 saturated carbocycles. The average Bonchev–Trinajstić information content (AvgIpc) is 2.31. The lowest BCUT2D eigenvalue weighted by molar-refractivity contribution is 0.311. The predicted octanol–water partition coefficient (Wildman–Crippen LogP) is 0.660. The zero-order valence-corrected chi connectivity index (χ0v) is 9.98. The summed E-state index contributed by atoms with van der Waals surface area (Å²) in [7, 11) is 2.15. The third-order valence-electron chi connectivity index (χ3n) is 2.79. The van der Waals surface area contributed by atoms with Gasteiger partial charge in [0.1, 0.15) is 5.82 Å². The summed E-state index contributed by atoms with van der Waals surface area (Å²) in [6, 6.07) is 1.91. The first kappa shape index (κ1) is 11.1. The van der Waals surface area contributed by atoms with Crippen molar-refractivity contribution in [2.45, 2.75) is 6.92 Å². The molecule has 88 valence electrons. The van der Waals surface area contributed by atoms with Gasteiger partial charge in [-0.05, 0) is 20.0 Å². The number of rotatable bonds is 3. The molecular weight excluding hydrogens is 202 g/mol. The predicted molar refractivity (Wildman–Crippen MR) is 65.9 cm³/mol. The molecule has 1 aromatic rings. The van der Waals surface area contributed by atoms with Crippen molar-refractivity contribution in [3.63, 3.8) is 0 Å². The molecule has 0 spiro atoms. The molecule has 5 heteroatoms. The van der Waals surface area contributed by atoms with Gasteiger partial charge in [-0.2, -0.15) is 4.98 Å². The van der Waals surface area contributed by atoms with E-state index < -0.39 is 0 Å². The molecule has 1 aliphatic rings. The maximum Gasteiger partial charge on any atom is 0.227 e. The summed E-state index contributed by atoms with van der Waals surface area (Å²) in [5.74, 6) is 1.75. The first-order valence-electron chi connectivity index (χ1n) is 5.80. The SMILES string of the molecule is CCNc1ccnc(N2CCN(C)CC2)n1. The molecule has 1 aromatic heterocycles. The molecule has 0 bridgehead atoms. The van der Waals surface area contributed by atoms with Crippen LogP contribution in [0, 0.1) is 0 Å². The molecule has 1 fully saturated rings. The Morgan fingerprint density at radius 2 is 2.06 bits per heavy atom. The van der Waals surface area contributed by atoms with Crippen LogP contribution in [-0.4, -0.2) is 54.6 Å². The Bertz CT molecular complexity index is 333. The molecule has 0 radical (unpaired) electrons. The summed E-state index contributed by atoms with van der Waals surface area (Å²) in [5, 5.41) is 3.21. The zero-order chi connectivity index (χ0) is 11.4. The quantitative estimate of drug-likeness (QED) is 0.812. The van der Waals surface area contributed by atoms with E-state index in [9.17, 15) is 0 Å². The standard InChI is InChI=1S/C11H19N5/c1-3-12-10-4-5-13-11(14-10)16-8-6-15(2)7-9-16/h4-5H,3,6-9H2,1-2H3,(H,12,13,14). The van der Waals surface area contributed by atoms with Crippen LogP contribution in [0.15, 0.2) is 12.3 Å². The van der Waals surface area contributed by atoms with Crippen LogP contribution in [0.5, 0.6) is 0 Å². The molecule has 0 aliphatic carbocycles. The minimum absolute atomic E-state index is 0.839. The molecule has 1 N–H and O–H groups in total. The van der Waals surface area contributed by atoms with Crippen molar-refractivity contribution >= 4 is 11.8 Å². The fourth-order valence-electron chi connectivity index (χ4n) is 1.79. The van der Waals surface area contributed by atoms with Crippen LogP contribution in [0.1, 0.15) is 6.92 Å². The molecule has 0 aromatic carbocycles. The van der Waals surface area contributed by atoms with Crippen LogP contribution in [0.2, 0.25) is 0 Å². The van der Waals surface area contributed by atoms with Crippen molar-refractivity contribution in [2.75, 3.05) is 50.0 Å². The van der Waals surface area contributed by atoms with Crippen molar-refractivity contribution in [1.82, 2.24) is 14.9 Å². The second-order valence-corrected chi connectivity index (χ2v) is 4.06. The van der Waals surface area contributed by atoms with Crippen LogP contribution < -0.4 is 10.2 Å². The Hall–Kier alpha value is -1.36. The summed E-state index contributed by atoms with van der Waals surface area (Å²) in [5.41, 5.74) is 0. The fraction of sp³-hybridized carbons (Fsp3) is 0.636. The van der Waals surface area contributed by atoms with Crippen LogP contribution in [-0.2, 0) is 0 Å². The van der Waals surface area contributed by atoms with Crippen molar-refractivity contribution in [1.29, 1.82) is 0 Å². The topological polar surface area (TPSA) is 44.3 Å². The summed E-state index contributed by atoms with van der Waals surface area (Å²) in [4.78, 5) is 13.4. The molecule has 16 heavy (non-hydrogen) atoms. The van der Waals surface area contributed by atoms with Crippen LogP contribution in [0.4, 0.5) is 11.8 Å². The average molecular weight is 221 g/mol. The molecule has 1 aliphatic heterocycles. The normalized spacial score (nSPS) is 17.5. The van der Waals surface area contributed by atoms with Crippen molar-refractivity contribution in [3.05, 3.63) is 12.3 Å². The van der Waals surface area contributed by atoms with E-state index in [1.165, 1.54) is 0 Å². The lowest BCUT2D eigenvalue weighted by atomic mass is 10.3. The second kappa shape index (κ2) is 5.12. The molecule has 2 heterocycles. The van der Waals surface area contributed by atoms with Gasteiger partial charge in [-0.15, -0.1) is 0 Å². The van der Waals surface area contributed by atoms with Gasteiger partial charge < -0.3 is 15.1 Å². The van der Waals surface area contributed by atoms with Gasteiger partial charge in [-0.3, -0.25) is 0 Å². The van der Waals surface area contributed by atoms with E-state index in [4.69, 9.17) is 0 Å². The van der Waals surface area contributed by atoms with Gasteiger partial charge in [0.05, 0.1) is 0 Å².